The van der Waals surface area contributed by atoms with Gasteiger partial charge in [-0.1, -0.05) is 5.16 Å². The molecule has 0 spiro atoms. The second-order valence-corrected chi connectivity index (χ2v) is 5.88. The fraction of sp³-hybridized carbons (Fsp3) is 0.917. The molecule has 0 atom stereocenters. The smallest absolute Gasteiger partial charge is 0.131 e. The molecule has 0 saturated heterocycles. The first-order valence-corrected chi connectivity index (χ1v) is 6.03. The molecule has 0 aliphatic heterocycles. The number of alkyl halides is 1. The molecule has 1 N–H and O–H groups in total. The van der Waals surface area contributed by atoms with Crippen LogP contribution < -0.4 is 0 Å². The first-order chi connectivity index (χ1) is 7.25. The van der Waals surface area contributed by atoms with E-state index < -0.39 is 6.67 Å². The zero-order valence-corrected chi connectivity index (χ0v) is 8.95. The average molecular weight is 211 g/mol. The van der Waals surface area contributed by atoms with Gasteiger partial charge in [-0.15, -0.1) is 0 Å². The first-order valence-electron chi connectivity index (χ1n) is 6.03. The first kappa shape index (κ1) is 9.61. The summed E-state index contributed by atoms with van der Waals surface area (Å²) in [5, 5.41) is 12.2. The van der Waals surface area contributed by atoms with Crippen LogP contribution in [-0.4, -0.2) is 17.6 Å². The van der Waals surface area contributed by atoms with Gasteiger partial charge in [-0.05, 0) is 56.3 Å². The molecular weight excluding hydrogens is 193 g/mol. The summed E-state index contributed by atoms with van der Waals surface area (Å²) in [6.07, 6.45) is 7.23. The van der Waals surface area contributed by atoms with Crippen LogP contribution in [0.4, 0.5) is 4.39 Å². The van der Waals surface area contributed by atoms with Crippen molar-refractivity contribution in [3.63, 3.8) is 0 Å². The summed E-state index contributed by atoms with van der Waals surface area (Å²) in [6.45, 7) is -0.567. The molecule has 4 aliphatic rings. The van der Waals surface area contributed by atoms with Crippen molar-refractivity contribution < 1.29 is 9.60 Å². The number of hydrogen-bond acceptors (Lipinski definition) is 2. The molecule has 0 aromatic heterocycles. The third kappa shape index (κ3) is 1.31. The van der Waals surface area contributed by atoms with Gasteiger partial charge in [0.15, 0.2) is 0 Å². The predicted octanol–water partition coefficient (Wildman–Crippen LogP) is 3.00. The molecule has 0 aromatic carbocycles. The van der Waals surface area contributed by atoms with Gasteiger partial charge in [-0.25, -0.2) is 4.39 Å². The molecule has 4 rings (SSSR count). The summed E-state index contributed by atoms with van der Waals surface area (Å²) >= 11 is 0. The summed E-state index contributed by atoms with van der Waals surface area (Å²) in [5.74, 6) is 2.33. The van der Waals surface area contributed by atoms with Crippen LogP contribution in [0.2, 0.25) is 0 Å². The fourth-order valence-electron chi connectivity index (χ4n) is 4.74. The summed E-state index contributed by atoms with van der Waals surface area (Å²) in [4.78, 5) is 0. The maximum Gasteiger partial charge on any atom is 0.131 e. The van der Waals surface area contributed by atoms with Crippen molar-refractivity contribution in [1.29, 1.82) is 0 Å². The quantitative estimate of drug-likeness (QED) is 0.425. The van der Waals surface area contributed by atoms with Gasteiger partial charge in [0.1, 0.15) is 6.67 Å². The highest BCUT2D eigenvalue weighted by Crippen LogP contribution is 2.60. The maximum absolute atomic E-state index is 12.9. The molecule has 84 valence electrons. The molecule has 0 unspecified atom stereocenters. The molecule has 0 heterocycles. The van der Waals surface area contributed by atoms with Crippen LogP contribution in [0.15, 0.2) is 5.16 Å². The molecule has 2 nitrogen and oxygen atoms in total. The van der Waals surface area contributed by atoms with Crippen LogP contribution in [0.1, 0.15) is 38.5 Å². The van der Waals surface area contributed by atoms with Crippen molar-refractivity contribution in [3.8, 4) is 0 Å². The summed E-state index contributed by atoms with van der Waals surface area (Å²) in [5.41, 5.74) is 0.375. The Morgan fingerprint density at radius 2 is 1.60 bits per heavy atom. The van der Waals surface area contributed by atoms with Crippen molar-refractivity contribution in [2.75, 3.05) is 6.67 Å². The number of rotatable bonds is 2. The van der Waals surface area contributed by atoms with Crippen LogP contribution in [-0.2, 0) is 0 Å². The Morgan fingerprint density at radius 1 is 1.13 bits per heavy atom. The third-order valence-corrected chi connectivity index (χ3v) is 4.90. The zero-order valence-electron chi connectivity index (χ0n) is 8.95. The van der Waals surface area contributed by atoms with Crippen molar-refractivity contribution in [2.45, 2.75) is 38.5 Å². The van der Waals surface area contributed by atoms with Crippen molar-refractivity contribution in [1.82, 2.24) is 0 Å². The van der Waals surface area contributed by atoms with E-state index in [4.69, 9.17) is 5.21 Å². The van der Waals surface area contributed by atoms with Gasteiger partial charge in [-0.2, -0.15) is 0 Å². The van der Waals surface area contributed by atoms with Crippen LogP contribution >= 0.6 is 0 Å². The molecular formula is C12H18FNO. The second kappa shape index (κ2) is 3.19. The lowest BCUT2D eigenvalue weighted by atomic mass is 9.48. The Balaban J connectivity index is 1.92. The number of nitrogens with zero attached hydrogens (tertiary/aromatic N) is 1. The van der Waals surface area contributed by atoms with E-state index in [-0.39, 0.29) is 5.41 Å². The Bertz CT molecular complexity index is 265. The van der Waals surface area contributed by atoms with Crippen LogP contribution in [0.3, 0.4) is 0 Å². The van der Waals surface area contributed by atoms with Crippen LogP contribution in [0.5, 0.6) is 0 Å². The molecule has 0 aromatic rings. The van der Waals surface area contributed by atoms with Gasteiger partial charge in [0.25, 0.3) is 0 Å². The minimum absolute atomic E-state index is 0.0573. The van der Waals surface area contributed by atoms with Gasteiger partial charge in [0, 0.05) is 5.41 Å². The average Bonchev–Trinajstić information content (AvgIpc) is 2.16. The number of hydrogen-bond donors (Lipinski definition) is 1. The standard InChI is InChI=1S/C12H18FNO/c13-7-11(14-15)12-4-8-1-9(5-12)3-10(2-8)6-12/h8-10,15H,1-7H2/b14-11-. The molecule has 0 amide bonds. The topological polar surface area (TPSA) is 32.6 Å². The van der Waals surface area contributed by atoms with E-state index in [1.54, 1.807) is 0 Å². The highest BCUT2D eigenvalue weighted by Gasteiger charge is 2.53. The normalized spacial score (nSPS) is 48.6. The second-order valence-electron chi connectivity index (χ2n) is 5.88. The van der Waals surface area contributed by atoms with E-state index >= 15 is 0 Å². The SMILES string of the molecule is O/N=C(/CF)C12CC3CC(CC(C3)C1)C2. The highest BCUT2D eigenvalue weighted by atomic mass is 19.1. The minimum Gasteiger partial charge on any atom is -0.411 e. The van der Waals surface area contributed by atoms with E-state index in [1.165, 1.54) is 19.3 Å². The Hall–Kier alpha value is -0.600. The molecule has 4 fully saturated rings. The Kier molecular flexibility index (Phi) is 2.05. The Morgan fingerprint density at radius 3 is 1.93 bits per heavy atom. The van der Waals surface area contributed by atoms with Crippen molar-refractivity contribution in [3.05, 3.63) is 0 Å². The van der Waals surface area contributed by atoms with Crippen molar-refractivity contribution in [2.24, 2.45) is 28.3 Å². The zero-order chi connectivity index (χ0) is 10.5. The Labute approximate surface area is 89.5 Å². The van der Waals surface area contributed by atoms with Gasteiger partial charge < -0.3 is 5.21 Å². The maximum atomic E-state index is 12.9. The van der Waals surface area contributed by atoms with Crippen molar-refractivity contribution >= 4 is 5.71 Å². The van der Waals surface area contributed by atoms with Crippen LogP contribution in [0.25, 0.3) is 0 Å². The van der Waals surface area contributed by atoms with Gasteiger partial charge in [-0.3, -0.25) is 0 Å². The van der Waals surface area contributed by atoms with Gasteiger partial charge in [0.05, 0.1) is 5.71 Å². The number of halogens is 1. The van der Waals surface area contributed by atoms with Gasteiger partial charge in [0.2, 0.25) is 0 Å². The molecule has 0 radical (unpaired) electrons. The predicted molar refractivity (Wildman–Crippen MR) is 55.8 cm³/mol. The van der Waals surface area contributed by atoms with Gasteiger partial charge >= 0.3 is 0 Å². The van der Waals surface area contributed by atoms with E-state index in [0.717, 1.165) is 37.0 Å². The van der Waals surface area contributed by atoms with E-state index in [1.807, 2.05) is 0 Å². The largest absolute Gasteiger partial charge is 0.411 e. The lowest BCUT2D eigenvalue weighted by molar-refractivity contribution is -0.0152. The molecule has 4 aliphatic carbocycles. The monoisotopic (exact) mass is 211 g/mol. The molecule has 15 heavy (non-hydrogen) atoms. The lowest BCUT2D eigenvalue weighted by Gasteiger charge is -2.56. The summed E-state index contributed by atoms with van der Waals surface area (Å²) in [7, 11) is 0. The lowest BCUT2D eigenvalue weighted by Crippen LogP contribution is -2.50. The molecule has 3 heteroatoms. The third-order valence-electron chi connectivity index (χ3n) is 4.90. The fourth-order valence-corrected chi connectivity index (χ4v) is 4.74. The van der Waals surface area contributed by atoms with E-state index in [2.05, 4.69) is 5.16 Å². The summed E-state index contributed by atoms with van der Waals surface area (Å²) < 4.78 is 12.9. The highest BCUT2D eigenvalue weighted by molar-refractivity contribution is 5.91. The van der Waals surface area contributed by atoms with E-state index in [0.29, 0.717) is 5.71 Å². The number of oxime groups is 1. The molecule has 4 bridgehead atoms. The van der Waals surface area contributed by atoms with E-state index in [9.17, 15) is 4.39 Å². The summed E-state index contributed by atoms with van der Waals surface area (Å²) in [6, 6.07) is 0. The molecule has 4 saturated carbocycles. The van der Waals surface area contributed by atoms with Crippen LogP contribution in [0, 0.1) is 23.2 Å². The minimum atomic E-state index is -0.567.